The van der Waals surface area contributed by atoms with Crippen LogP contribution in [0.25, 0.3) is 0 Å². The first kappa shape index (κ1) is 14.3. The van der Waals surface area contributed by atoms with Crippen molar-refractivity contribution in [2.75, 3.05) is 30.8 Å². The zero-order valence-corrected chi connectivity index (χ0v) is 11.9. The molecule has 0 spiro atoms. The maximum Gasteiger partial charge on any atom is 0.0585 e. The van der Waals surface area contributed by atoms with E-state index in [9.17, 15) is 0 Å². The molecular weight excluding hydrogens is 280 g/mol. The highest BCUT2D eigenvalue weighted by Gasteiger charge is 1.98. The minimum absolute atomic E-state index is 0.778. The molecule has 0 aliphatic carbocycles. The number of halogens is 1. The van der Waals surface area contributed by atoms with Crippen LogP contribution in [0.15, 0.2) is 22.7 Å². The highest BCUT2D eigenvalue weighted by atomic mass is 79.9. The van der Waals surface area contributed by atoms with Crippen molar-refractivity contribution in [1.82, 2.24) is 0 Å². The van der Waals surface area contributed by atoms with Gasteiger partial charge in [0.05, 0.1) is 11.4 Å². The second kappa shape index (κ2) is 8.37. The van der Waals surface area contributed by atoms with Gasteiger partial charge in [-0.05, 0) is 31.0 Å². The molecular formula is C13H21BrN2O. The van der Waals surface area contributed by atoms with Crippen LogP contribution in [0.4, 0.5) is 11.4 Å². The van der Waals surface area contributed by atoms with Crippen LogP contribution >= 0.6 is 15.9 Å². The second-order valence-corrected chi connectivity index (χ2v) is 4.89. The third kappa shape index (κ3) is 5.94. The third-order valence-electron chi connectivity index (χ3n) is 2.44. The molecule has 0 saturated carbocycles. The number of nitrogen functional groups attached to an aromatic ring is 1. The molecule has 96 valence electrons. The first-order valence-corrected chi connectivity index (χ1v) is 6.90. The Morgan fingerprint density at radius 2 is 2.06 bits per heavy atom. The summed E-state index contributed by atoms with van der Waals surface area (Å²) in [7, 11) is 0. The molecule has 17 heavy (non-hydrogen) atoms. The zero-order valence-electron chi connectivity index (χ0n) is 10.3. The minimum atomic E-state index is 0.778. The minimum Gasteiger partial charge on any atom is -0.397 e. The van der Waals surface area contributed by atoms with Crippen LogP contribution < -0.4 is 11.1 Å². The van der Waals surface area contributed by atoms with E-state index in [1.165, 1.54) is 6.42 Å². The Kier molecular flexibility index (Phi) is 7.05. The van der Waals surface area contributed by atoms with E-state index >= 15 is 0 Å². The Morgan fingerprint density at radius 3 is 2.82 bits per heavy atom. The van der Waals surface area contributed by atoms with Gasteiger partial charge in [0.25, 0.3) is 0 Å². The topological polar surface area (TPSA) is 47.3 Å². The molecule has 4 heteroatoms. The van der Waals surface area contributed by atoms with Crippen LogP contribution in [-0.2, 0) is 4.74 Å². The molecule has 0 aliphatic heterocycles. The van der Waals surface area contributed by atoms with Crippen LogP contribution in [0.1, 0.15) is 26.2 Å². The molecule has 3 N–H and O–H groups in total. The van der Waals surface area contributed by atoms with Crippen molar-refractivity contribution >= 4 is 27.3 Å². The van der Waals surface area contributed by atoms with E-state index in [1.807, 2.05) is 18.2 Å². The number of anilines is 2. The molecule has 0 saturated heterocycles. The van der Waals surface area contributed by atoms with Crippen LogP contribution in [0, 0.1) is 0 Å². The lowest BCUT2D eigenvalue weighted by atomic mass is 10.2. The molecule has 0 aromatic heterocycles. The smallest absolute Gasteiger partial charge is 0.0585 e. The van der Waals surface area contributed by atoms with Gasteiger partial charge in [-0.1, -0.05) is 29.3 Å². The van der Waals surface area contributed by atoms with Crippen LogP contribution in [0.3, 0.4) is 0 Å². The summed E-state index contributed by atoms with van der Waals surface area (Å²) in [6, 6.07) is 5.83. The summed E-state index contributed by atoms with van der Waals surface area (Å²) in [5.41, 5.74) is 7.61. The Hall–Kier alpha value is -0.740. The summed E-state index contributed by atoms with van der Waals surface area (Å²) in [4.78, 5) is 0. The lowest BCUT2D eigenvalue weighted by Crippen LogP contribution is -2.07. The number of unbranched alkanes of at least 4 members (excludes halogenated alkanes) is 1. The normalized spacial score (nSPS) is 10.5. The average molecular weight is 301 g/mol. The van der Waals surface area contributed by atoms with Crippen LogP contribution in [0.5, 0.6) is 0 Å². The number of hydrogen-bond acceptors (Lipinski definition) is 3. The van der Waals surface area contributed by atoms with Gasteiger partial charge >= 0.3 is 0 Å². The summed E-state index contributed by atoms with van der Waals surface area (Å²) in [6.45, 7) is 4.73. The number of ether oxygens (including phenoxy) is 1. The predicted molar refractivity (Wildman–Crippen MR) is 77.4 cm³/mol. The maximum absolute atomic E-state index is 5.86. The quantitative estimate of drug-likeness (QED) is 0.569. The summed E-state index contributed by atoms with van der Waals surface area (Å²) in [5, 5.41) is 3.31. The first-order valence-electron chi connectivity index (χ1n) is 6.10. The SMILES string of the molecule is CCCCOCCCNc1cc(Br)ccc1N. The Bertz CT molecular complexity index is 331. The zero-order chi connectivity index (χ0) is 12.5. The number of nitrogens with two attached hydrogens (primary N) is 1. The highest BCUT2D eigenvalue weighted by molar-refractivity contribution is 9.10. The van der Waals surface area contributed by atoms with Gasteiger partial charge in [-0.25, -0.2) is 0 Å². The van der Waals surface area contributed by atoms with Gasteiger partial charge in [0.2, 0.25) is 0 Å². The second-order valence-electron chi connectivity index (χ2n) is 3.98. The van der Waals surface area contributed by atoms with E-state index in [1.54, 1.807) is 0 Å². The molecule has 0 aliphatic rings. The third-order valence-corrected chi connectivity index (χ3v) is 2.93. The van der Waals surface area contributed by atoms with Crippen molar-refractivity contribution in [1.29, 1.82) is 0 Å². The highest BCUT2D eigenvalue weighted by Crippen LogP contribution is 2.22. The maximum atomic E-state index is 5.86. The monoisotopic (exact) mass is 300 g/mol. The summed E-state index contributed by atoms with van der Waals surface area (Å²) in [5.74, 6) is 0. The van der Waals surface area contributed by atoms with Crippen LogP contribution in [0.2, 0.25) is 0 Å². The molecule has 0 atom stereocenters. The largest absolute Gasteiger partial charge is 0.397 e. The fourth-order valence-corrected chi connectivity index (χ4v) is 1.79. The summed E-state index contributed by atoms with van der Waals surface area (Å²) < 4.78 is 6.52. The fraction of sp³-hybridized carbons (Fsp3) is 0.538. The molecule has 3 nitrogen and oxygen atoms in total. The van der Waals surface area contributed by atoms with Gasteiger partial charge in [0.1, 0.15) is 0 Å². The molecule has 0 amide bonds. The molecule has 1 rings (SSSR count). The predicted octanol–water partition coefficient (Wildman–Crippen LogP) is 3.65. The van der Waals surface area contributed by atoms with E-state index in [-0.39, 0.29) is 0 Å². The van der Waals surface area contributed by atoms with Gasteiger partial charge in [-0.15, -0.1) is 0 Å². The Morgan fingerprint density at radius 1 is 1.29 bits per heavy atom. The Labute approximate surface area is 112 Å². The van der Waals surface area contributed by atoms with Gasteiger partial charge in [-0.3, -0.25) is 0 Å². The molecule has 0 heterocycles. The van der Waals surface area contributed by atoms with Gasteiger partial charge in [0.15, 0.2) is 0 Å². The molecule has 0 fully saturated rings. The molecule has 1 aromatic carbocycles. The van der Waals surface area contributed by atoms with E-state index in [2.05, 4.69) is 28.2 Å². The number of benzene rings is 1. The van der Waals surface area contributed by atoms with E-state index in [0.717, 1.165) is 48.4 Å². The van der Waals surface area contributed by atoms with Gasteiger partial charge < -0.3 is 15.8 Å². The van der Waals surface area contributed by atoms with Crippen LogP contribution in [-0.4, -0.2) is 19.8 Å². The standard InChI is InChI=1S/C13H21BrN2O/c1-2-3-8-17-9-4-7-16-13-10-11(14)5-6-12(13)15/h5-6,10,16H,2-4,7-9,15H2,1H3. The van der Waals surface area contributed by atoms with Crippen molar-refractivity contribution in [3.63, 3.8) is 0 Å². The van der Waals surface area contributed by atoms with Crippen molar-refractivity contribution in [2.24, 2.45) is 0 Å². The number of rotatable bonds is 8. The summed E-state index contributed by atoms with van der Waals surface area (Å²) >= 11 is 3.43. The number of nitrogens with one attached hydrogen (secondary N) is 1. The Balaban J connectivity index is 2.15. The molecule has 1 aromatic rings. The van der Waals surface area contributed by atoms with E-state index < -0.39 is 0 Å². The lowest BCUT2D eigenvalue weighted by molar-refractivity contribution is 0.131. The van der Waals surface area contributed by atoms with E-state index in [4.69, 9.17) is 10.5 Å². The van der Waals surface area contributed by atoms with Crippen molar-refractivity contribution in [3.05, 3.63) is 22.7 Å². The van der Waals surface area contributed by atoms with Crippen molar-refractivity contribution < 1.29 is 4.74 Å². The van der Waals surface area contributed by atoms with Crippen molar-refractivity contribution in [2.45, 2.75) is 26.2 Å². The first-order chi connectivity index (χ1) is 8.24. The molecule has 0 bridgehead atoms. The fourth-order valence-electron chi connectivity index (χ4n) is 1.43. The molecule has 0 radical (unpaired) electrons. The molecule has 0 unspecified atom stereocenters. The van der Waals surface area contributed by atoms with E-state index in [0.29, 0.717) is 0 Å². The van der Waals surface area contributed by atoms with Gasteiger partial charge in [0, 0.05) is 24.2 Å². The lowest BCUT2D eigenvalue weighted by Gasteiger charge is -2.09. The number of hydrogen-bond donors (Lipinski definition) is 2. The van der Waals surface area contributed by atoms with Gasteiger partial charge in [-0.2, -0.15) is 0 Å². The average Bonchev–Trinajstić information content (AvgIpc) is 2.32. The van der Waals surface area contributed by atoms with Crippen molar-refractivity contribution in [3.8, 4) is 0 Å². The summed E-state index contributed by atoms with van der Waals surface area (Å²) in [6.07, 6.45) is 3.33.